The van der Waals surface area contributed by atoms with Gasteiger partial charge in [-0.25, -0.2) is 4.79 Å². The van der Waals surface area contributed by atoms with E-state index in [4.69, 9.17) is 9.84 Å². The predicted octanol–water partition coefficient (Wildman–Crippen LogP) is 3.54. The fraction of sp³-hybridized carbons (Fsp3) is 0.280. The summed E-state index contributed by atoms with van der Waals surface area (Å²) in [4.78, 5) is 24.2. The molecule has 0 saturated carbocycles. The molecular weight excluding hydrogens is 436 g/mol. The molecule has 0 fully saturated rings. The molecule has 1 atom stereocenters. The van der Waals surface area contributed by atoms with Crippen molar-refractivity contribution in [2.75, 3.05) is 17.0 Å². The molecule has 2 aromatic rings. The molecule has 1 aliphatic carbocycles. The quantitative estimate of drug-likeness (QED) is 0.463. The number of amides is 1. The van der Waals surface area contributed by atoms with Gasteiger partial charge < -0.3 is 14.9 Å². The predicted molar refractivity (Wildman–Crippen MR) is 127 cm³/mol. The molecule has 2 aromatic carbocycles. The number of rotatable bonds is 5. The molecule has 0 aromatic heterocycles. The summed E-state index contributed by atoms with van der Waals surface area (Å²) in [6.45, 7) is 1.83. The Bertz CT molecular complexity index is 1280. The van der Waals surface area contributed by atoms with Gasteiger partial charge in [0, 0.05) is 11.5 Å². The number of fused-ring (bicyclic) bond motifs is 1. The van der Waals surface area contributed by atoms with Gasteiger partial charge in [0.15, 0.2) is 5.71 Å². The Labute approximate surface area is 196 Å². The van der Waals surface area contributed by atoms with E-state index in [2.05, 4.69) is 21.7 Å². The Morgan fingerprint density at radius 3 is 2.76 bits per heavy atom. The Kier molecular flexibility index (Phi) is 5.53. The number of nitrogens with one attached hydrogen (secondary N) is 1. The third-order valence-corrected chi connectivity index (χ3v) is 6.30. The van der Waals surface area contributed by atoms with Gasteiger partial charge in [0.25, 0.3) is 0 Å². The van der Waals surface area contributed by atoms with Crippen LogP contribution >= 0.6 is 0 Å². The molecule has 3 aliphatic rings. The highest BCUT2D eigenvalue weighted by molar-refractivity contribution is 6.71. The number of aliphatic carboxylic acids is 1. The third kappa shape index (κ3) is 3.89. The minimum absolute atomic E-state index is 0.0880. The average Bonchev–Trinajstić information content (AvgIpc) is 3.43. The van der Waals surface area contributed by atoms with Crippen LogP contribution in [-0.2, 0) is 27.2 Å². The minimum Gasteiger partial charge on any atom is -0.505 e. The van der Waals surface area contributed by atoms with E-state index in [1.807, 2.05) is 12.1 Å². The Morgan fingerprint density at radius 1 is 1.21 bits per heavy atom. The van der Waals surface area contributed by atoms with E-state index < -0.39 is 11.9 Å². The van der Waals surface area contributed by atoms with Crippen LogP contribution in [0, 0.1) is 0 Å². The summed E-state index contributed by atoms with van der Waals surface area (Å²) in [6.07, 6.45) is 5.85. The normalized spacial score (nSPS) is 20.6. The zero-order valence-electron chi connectivity index (χ0n) is 18.6. The van der Waals surface area contributed by atoms with Crippen LogP contribution in [0.1, 0.15) is 42.4 Å². The summed E-state index contributed by atoms with van der Waals surface area (Å²) in [5, 5.41) is 29.8. The van der Waals surface area contributed by atoms with Crippen molar-refractivity contribution >= 4 is 34.7 Å². The first-order valence-electron chi connectivity index (χ1n) is 11.2. The van der Waals surface area contributed by atoms with Gasteiger partial charge in [0.2, 0.25) is 5.76 Å². The average molecular weight is 460 g/mol. The number of carboxylic acids is 1. The molecule has 3 N–H and O–H groups in total. The maximum atomic E-state index is 13.1. The number of carbonyl (C=O) groups is 2. The molecule has 9 heteroatoms. The molecule has 2 heterocycles. The van der Waals surface area contributed by atoms with Gasteiger partial charge >= 0.3 is 11.9 Å². The fourth-order valence-corrected chi connectivity index (χ4v) is 4.49. The second-order valence-corrected chi connectivity index (χ2v) is 8.53. The highest BCUT2D eigenvalue weighted by Gasteiger charge is 2.31. The van der Waals surface area contributed by atoms with E-state index in [-0.39, 0.29) is 35.4 Å². The van der Waals surface area contributed by atoms with Crippen LogP contribution in [-0.4, -0.2) is 40.1 Å². The molecule has 2 aliphatic heterocycles. The number of carbonyl (C=O) groups excluding carboxylic acids is 1. The number of aryl methyl sites for hydroxylation is 2. The highest BCUT2D eigenvalue weighted by atomic mass is 16.5. The van der Waals surface area contributed by atoms with Gasteiger partial charge in [-0.2, -0.15) is 15.2 Å². The molecule has 9 nitrogen and oxygen atoms in total. The third-order valence-electron chi connectivity index (χ3n) is 6.30. The van der Waals surface area contributed by atoms with Crippen molar-refractivity contribution in [1.82, 2.24) is 0 Å². The number of para-hydroxylation sites is 1. The first-order valence-corrected chi connectivity index (χ1v) is 11.2. The zero-order valence-corrected chi connectivity index (χ0v) is 18.6. The Hall–Kier alpha value is -4.14. The molecule has 0 bridgehead atoms. The largest absolute Gasteiger partial charge is 0.505 e. The summed E-state index contributed by atoms with van der Waals surface area (Å²) >= 11 is 0. The lowest BCUT2D eigenvalue weighted by Gasteiger charge is -2.19. The van der Waals surface area contributed by atoms with Crippen LogP contribution in [0.15, 0.2) is 58.4 Å². The van der Waals surface area contributed by atoms with Crippen molar-refractivity contribution in [3.63, 3.8) is 0 Å². The molecular formula is C25H24N4O5. The molecule has 1 unspecified atom stereocenters. The number of hydrogen-bond donors (Lipinski definition) is 3. The lowest BCUT2D eigenvalue weighted by atomic mass is 9.91. The second-order valence-electron chi connectivity index (χ2n) is 8.53. The number of ether oxygens (including phenoxy) is 1. The van der Waals surface area contributed by atoms with Gasteiger partial charge in [-0.15, -0.1) is 0 Å². The lowest BCUT2D eigenvalue weighted by molar-refractivity contribution is -0.136. The van der Waals surface area contributed by atoms with Crippen molar-refractivity contribution in [2.24, 2.45) is 10.2 Å². The molecule has 0 saturated heterocycles. The maximum Gasteiger partial charge on any atom is 0.370 e. The Morgan fingerprint density at radius 2 is 2.00 bits per heavy atom. The van der Waals surface area contributed by atoms with E-state index in [9.17, 15) is 14.7 Å². The second kappa shape index (κ2) is 8.66. The maximum absolute atomic E-state index is 13.1. The van der Waals surface area contributed by atoms with E-state index in [0.29, 0.717) is 17.0 Å². The zero-order chi connectivity index (χ0) is 23.8. The molecule has 0 radical (unpaired) electrons. The van der Waals surface area contributed by atoms with Gasteiger partial charge in [-0.05, 0) is 68.0 Å². The van der Waals surface area contributed by atoms with Crippen LogP contribution in [0.3, 0.4) is 0 Å². The van der Waals surface area contributed by atoms with Crippen molar-refractivity contribution < 1.29 is 24.5 Å². The molecule has 0 spiro atoms. The van der Waals surface area contributed by atoms with Gasteiger partial charge in [-0.1, -0.05) is 18.2 Å². The summed E-state index contributed by atoms with van der Waals surface area (Å²) in [5.41, 5.74) is 7.46. The molecule has 1 amide bonds. The van der Waals surface area contributed by atoms with Crippen molar-refractivity contribution in [3.8, 4) is 5.75 Å². The van der Waals surface area contributed by atoms with Gasteiger partial charge in [0.05, 0.1) is 23.7 Å². The number of anilines is 2. The number of nitrogens with zero attached hydrogens (tertiary/aromatic N) is 3. The number of phenols is 1. The molecule has 174 valence electrons. The van der Waals surface area contributed by atoms with Crippen LogP contribution in [0.25, 0.3) is 0 Å². The Balaban J connectivity index is 1.36. The van der Waals surface area contributed by atoms with Crippen molar-refractivity contribution in [3.05, 3.63) is 64.9 Å². The van der Waals surface area contributed by atoms with Crippen LogP contribution in [0.5, 0.6) is 5.75 Å². The van der Waals surface area contributed by atoms with E-state index >= 15 is 0 Å². The summed E-state index contributed by atoms with van der Waals surface area (Å²) in [5.74, 6) is -2.14. The van der Waals surface area contributed by atoms with Crippen LogP contribution < -0.4 is 10.4 Å². The van der Waals surface area contributed by atoms with E-state index in [1.165, 1.54) is 28.6 Å². The van der Waals surface area contributed by atoms with Crippen LogP contribution in [0.2, 0.25) is 0 Å². The standard InChI is InChI=1S/C25H24N4O5/c1-14-22(24(31)29(28-14)18-10-9-15-5-2-3-6-16(15)11-18)27-26-20-8-4-7-19(23(20)30)17-12-21(25(32)33)34-13-17/h4,7-12,17,26,30H,2-3,5-6,13H2,1H3,(H,32,33)/b27-22-. The number of carboxylic acid groups (broad SMARTS) is 1. The summed E-state index contributed by atoms with van der Waals surface area (Å²) < 4.78 is 5.17. The fourth-order valence-electron chi connectivity index (χ4n) is 4.49. The molecule has 5 rings (SSSR count). The lowest BCUT2D eigenvalue weighted by Crippen LogP contribution is -2.28. The van der Waals surface area contributed by atoms with Crippen molar-refractivity contribution in [1.29, 1.82) is 0 Å². The summed E-state index contributed by atoms with van der Waals surface area (Å²) in [6, 6.07) is 11.0. The number of aromatic hydroxyl groups is 1. The first kappa shape index (κ1) is 21.7. The van der Waals surface area contributed by atoms with Crippen LogP contribution in [0.4, 0.5) is 11.4 Å². The topological polar surface area (TPSA) is 124 Å². The highest BCUT2D eigenvalue weighted by Crippen LogP contribution is 2.37. The number of hydrazone groups is 2. The number of benzene rings is 2. The smallest absolute Gasteiger partial charge is 0.370 e. The van der Waals surface area contributed by atoms with E-state index in [0.717, 1.165) is 19.3 Å². The first-order chi connectivity index (χ1) is 16.4. The van der Waals surface area contributed by atoms with E-state index in [1.54, 1.807) is 25.1 Å². The molecule has 34 heavy (non-hydrogen) atoms. The summed E-state index contributed by atoms with van der Waals surface area (Å²) in [7, 11) is 0. The van der Waals surface area contributed by atoms with Crippen molar-refractivity contribution in [2.45, 2.75) is 38.5 Å². The number of phenolic OH excluding ortho intramolecular Hbond substituents is 1. The SMILES string of the molecule is CC1=NN(c2ccc3c(c2)CCCC3)C(=O)/C1=N\Nc1cccc(C2C=C(C(=O)O)OC2)c1O. The van der Waals surface area contributed by atoms with Gasteiger partial charge in [0.1, 0.15) is 5.75 Å². The number of hydrogen-bond acceptors (Lipinski definition) is 7. The minimum atomic E-state index is -1.15. The van der Waals surface area contributed by atoms with Gasteiger partial charge in [-0.3, -0.25) is 10.2 Å². The monoisotopic (exact) mass is 460 g/mol.